The average molecular weight is 295 g/mol. The van der Waals surface area contributed by atoms with Gasteiger partial charge in [0.2, 0.25) is 5.75 Å². The van der Waals surface area contributed by atoms with Crippen LogP contribution < -0.4 is 19.5 Å². The van der Waals surface area contributed by atoms with Crippen LogP contribution in [0.3, 0.4) is 0 Å². The molecule has 0 spiro atoms. The quantitative estimate of drug-likeness (QED) is 0.807. The number of benzene rings is 1. The highest BCUT2D eigenvalue weighted by molar-refractivity contribution is 5.55. The number of methoxy groups -OCH3 is 3. The van der Waals surface area contributed by atoms with Gasteiger partial charge >= 0.3 is 0 Å². The van der Waals surface area contributed by atoms with Crippen LogP contribution in [0.25, 0.3) is 0 Å². The predicted molar refractivity (Wildman–Crippen MR) is 81.2 cm³/mol. The van der Waals surface area contributed by atoms with Crippen molar-refractivity contribution in [2.75, 3.05) is 27.9 Å². The fraction of sp³-hybridized carbons (Fsp3) is 0.625. The SMILES string of the molecule is COc1ccc(CNCC2(O)CCCC2)c(OC)c1OC. The van der Waals surface area contributed by atoms with Crippen LogP contribution >= 0.6 is 0 Å². The van der Waals surface area contributed by atoms with Gasteiger partial charge < -0.3 is 24.6 Å². The number of rotatable bonds is 7. The van der Waals surface area contributed by atoms with Crippen LogP contribution in [-0.4, -0.2) is 38.6 Å². The molecule has 1 aliphatic rings. The van der Waals surface area contributed by atoms with Crippen LogP contribution in [-0.2, 0) is 6.54 Å². The topological polar surface area (TPSA) is 60.0 Å². The molecule has 0 unspecified atom stereocenters. The fourth-order valence-corrected chi connectivity index (χ4v) is 2.94. The highest BCUT2D eigenvalue weighted by Crippen LogP contribution is 2.39. The Hall–Kier alpha value is -1.46. The Bertz CT molecular complexity index is 470. The van der Waals surface area contributed by atoms with Gasteiger partial charge in [-0.3, -0.25) is 0 Å². The number of aliphatic hydroxyl groups is 1. The second-order valence-electron chi connectivity index (χ2n) is 5.53. The summed E-state index contributed by atoms with van der Waals surface area (Å²) in [6, 6.07) is 3.81. The van der Waals surface area contributed by atoms with E-state index in [-0.39, 0.29) is 0 Å². The molecule has 1 aromatic rings. The molecule has 118 valence electrons. The lowest BCUT2D eigenvalue weighted by Gasteiger charge is -2.23. The minimum Gasteiger partial charge on any atom is -0.493 e. The van der Waals surface area contributed by atoms with E-state index in [0.29, 0.717) is 30.3 Å². The zero-order valence-electron chi connectivity index (χ0n) is 13.1. The highest BCUT2D eigenvalue weighted by atomic mass is 16.5. The lowest BCUT2D eigenvalue weighted by Crippen LogP contribution is -2.37. The van der Waals surface area contributed by atoms with Gasteiger partial charge in [-0.2, -0.15) is 0 Å². The van der Waals surface area contributed by atoms with E-state index < -0.39 is 5.60 Å². The molecule has 1 fully saturated rings. The molecule has 5 heteroatoms. The molecule has 1 aromatic carbocycles. The van der Waals surface area contributed by atoms with E-state index >= 15 is 0 Å². The van der Waals surface area contributed by atoms with Crippen LogP contribution in [0.15, 0.2) is 12.1 Å². The monoisotopic (exact) mass is 295 g/mol. The second kappa shape index (κ2) is 7.00. The lowest BCUT2D eigenvalue weighted by atomic mass is 10.0. The van der Waals surface area contributed by atoms with E-state index in [4.69, 9.17) is 14.2 Å². The molecule has 0 aliphatic heterocycles. The molecule has 5 nitrogen and oxygen atoms in total. The Kier molecular flexibility index (Phi) is 5.31. The van der Waals surface area contributed by atoms with Crippen LogP contribution in [0.4, 0.5) is 0 Å². The van der Waals surface area contributed by atoms with Crippen LogP contribution in [0.5, 0.6) is 17.2 Å². The molecule has 0 bridgehead atoms. The van der Waals surface area contributed by atoms with Crippen molar-refractivity contribution in [2.24, 2.45) is 0 Å². The lowest BCUT2D eigenvalue weighted by molar-refractivity contribution is 0.0474. The van der Waals surface area contributed by atoms with Crippen molar-refractivity contribution in [3.05, 3.63) is 17.7 Å². The van der Waals surface area contributed by atoms with Gasteiger partial charge in [-0.15, -0.1) is 0 Å². The number of ether oxygens (including phenoxy) is 3. The van der Waals surface area contributed by atoms with E-state index in [1.54, 1.807) is 21.3 Å². The maximum atomic E-state index is 10.3. The Morgan fingerprint density at radius 2 is 1.71 bits per heavy atom. The van der Waals surface area contributed by atoms with Crippen molar-refractivity contribution < 1.29 is 19.3 Å². The van der Waals surface area contributed by atoms with Crippen molar-refractivity contribution in [3.63, 3.8) is 0 Å². The largest absolute Gasteiger partial charge is 0.493 e. The molecule has 0 aromatic heterocycles. The van der Waals surface area contributed by atoms with Gasteiger partial charge in [-0.25, -0.2) is 0 Å². The van der Waals surface area contributed by atoms with E-state index in [1.807, 2.05) is 12.1 Å². The van der Waals surface area contributed by atoms with E-state index in [1.165, 1.54) is 0 Å². The van der Waals surface area contributed by atoms with E-state index in [9.17, 15) is 5.11 Å². The molecule has 2 N–H and O–H groups in total. The van der Waals surface area contributed by atoms with Gasteiger partial charge in [0.15, 0.2) is 11.5 Å². The Balaban J connectivity index is 2.05. The van der Waals surface area contributed by atoms with E-state index in [2.05, 4.69) is 5.32 Å². The summed E-state index contributed by atoms with van der Waals surface area (Å²) in [6.45, 7) is 1.22. The number of nitrogens with one attached hydrogen (secondary N) is 1. The minimum atomic E-state index is -0.552. The smallest absolute Gasteiger partial charge is 0.203 e. The molecule has 0 radical (unpaired) electrons. The van der Waals surface area contributed by atoms with Crippen LogP contribution in [0.1, 0.15) is 31.2 Å². The average Bonchev–Trinajstić information content (AvgIpc) is 2.93. The second-order valence-corrected chi connectivity index (χ2v) is 5.53. The molecule has 0 atom stereocenters. The maximum absolute atomic E-state index is 10.3. The van der Waals surface area contributed by atoms with Gasteiger partial charge in [0.25, 0.3) is 0 Å². The number of hydrogen-bond acceptors (Lipinski definition) is 5. The van der Waals surface area contributed by atoms with Crippen molar-refractivity contribution in [1.29, 1.82) is 0 Å². The van der Waals surface area contributed by atoms with Crippen LogP contribution in [0, 0.1) is 0 Å². The molecule has 1 aliphatic carbocycles. The summed E-state index contributed by atoms with van der Waals surface area (Å²) in [6.07, 6.45) is 3.97. The Morgan fingerprint density at radius 3 is 2.29 bits per heavy atom. The summed E-state index contributed by atoms with van der Waals surface area (Å²) in [5, 5.41) is 13.7. The van der Waals surface area contributed by atoms with Gasteiger partial charge in [-0.1, -0.05) is 18.9 Å². The summed E-state index contributed by atoms with van der Waals surface area (Å²) in [5.41, 5.74) is 0.431. The Morgan fingerprint density at radius 1 is 1.05 bits per heavy atom. The normalized spacial score (nSPS) is 16.8. The minimum absolute atomic E-state index is 0.552. The molecular formula is C16H25NO4. The highest BCUT2D eigenvalue weighted by Gasteiger charge is 2.30. The molecule has 0 heterocycles. The van der Waals surface area contributed by atoms with Crippen LogP contribution in [0.2, 0.25) is 0 Å². The van der Waals surface area contributed by atoms with Gasteiger partial charge in [0, 0.05) is 18.7 Å². The summed E-state index contributed by atoms with van der Waals surface area (Å²) in [7, 11) is 4.81. The first-order chi connectivity index (χ1) is 10.1. The molecular weight excluding hydrogens is 270 g/mol. The summed E-state index contributed by atoms with van der Waals surface area (Å²) >= 11 is 0. The number of hydrogen-bond donors (Lipinski definition) is 2. The molecule has 0 amide bonds. The molecule has 1 saturated carbocycles. The first-order valence-electron chi connectivity index (χ1n) is 7.34. The third kappa shape index (κ3) is 3.60. The summed E-state index contributed by atoms with van der Waals surface area (Å²) in [5.74, 6) is 1.91. The van der Waals surface area contributed by atoms with Gasteiger partial charge in [-0.05, 0) is 18.9 Å². The Labute approximate surface area is 126 Å². The van der Waals surface area contributed by atoms with Crippen molar-refractivity contribution in [2.45, 2.75) is 37.8 Å². The van der Waals surface area contributed by atoms with Gasteiger partial charge in [0.05, 0.1) is 26.9 Å². The fourth-order valence-electron chi connectivity index (χ4n) is 2.94. The third-order valence-electron chi connectivity index (χ3n) is 4.09. The summed E-state index contributed by atoms with van der Waals surface area (Å²) in [4.78, 5) is 0. The third-order valence-corrected chi connectivity index (χ3v) is 4.09. The standard InChI is InChI=1S/C16H25NO4/c1-19-13-7-6-12(14(20-2)15(13)21-3)10-17-11-16(18)8-4-5-9-16/h6-7,17-18H,4-5,8-11H2,1-3H3. The first kappa shape index (κ1) is 15.9. The predicted octanol–water partition coefficient (Wildman–Crippen LogP) is 2.11. The molecule has 21 heavy (non-hydrogen) atoms. The molecule has 2 rings (SSSR count). The zero-order valence-corrected chi connectivity index (χ0v) is 13.1. The van der Waals surface area contributed by atoms with Crippen molar-refractivity contribution in [3.8, 4) is 17.2 Å². The summed E-state index contributed by atoms with van der Waals surface area (Å²) < 4.78 is 16.1. The first-order valence-corrected chi connectivity index (χ1v) is 7.34. The zero-order chi connectivity index (χ0) is 15.3. The molecule has 0 saturated heterocycles. The van der Waals surface area contributed by atoms with Gasteiger partial charge in [0.1, 0.15) is 0 Å². The maximum Gasteiger partial charge on any atom is 0.203 e. The van der Waals surface area contributed by atoms with E-state index in [0.717, 1.165) is 31.2 Å². The van der Waals surface area contributed by atoms with Crippen molar-refractivity contribution >= 4 is 0 Å². The van der Waals surface area contributed by atoms with Crippen molar-refractivity contribution in [1.82, 2.24) is 5.32 Å².